The van der Waals surface area contributed by atoms with E-state index < -0.39 is 6.17 Å². The molecule has 0 aromatic rings. The highest BCUT2D eigenvalue weighted by atomic mass is 19.1. The second kappa shape index (κ2) is 4.61. The van der Waals surface area contributed by atoms with Crippen molar-refractivity contribution in [2.24, 2.45) is 5.73 Å². The lowest BCUT2D eigenvalue weighted by Gasteiger charge is -1.94. The van der Waals surface area contributed by atoms with Gasteiger partial charge in [-0.15, -0.1) is 11.8 Å². The van der Waals surface area contributed by atoms with Gasteiger partial charge >= 0.3 is 0 Å². The molecule has 2 heteroatoms. The Morgan fingerprint density at radius 2 is 2.38 bits per heavy atom. The van der Waals surface area contributed by atoms with Gasteiger partial charge in [-0.1, -0.05) is 0 Å². The summed E-state index contributed by atoms with van der Waals surface area (Å²) in [4.78, 5) is 0. The van der Waals surface area contributed by atoms with Crippen molar-refractivity contribution in [1.82, 2.24) is 0 Å². The molecule has 0 spiro atoms. The maximum absolute atomic E-state index is 12.1. The van der Waals surface area contributed by atoms with Crippen molar-refractivity contribution in [2.45, 2.75) is 19.5 Å². The molecule has 0 aliphatic carbocycles. The quantitative estimate of drug-likeness (QED) is 0.526. The van der Waals surface area contributed by atoms with E-state index in [1.54, 1.807) is 6.92 Å². The fourth-order valence-corrected chi connectivity index (χ4v) is 0.296. The SMILES string of the molecule is CC#CCC(F)CN. The first-order valence-corrected chi connectivity index (χ1v) is 2.55. The average molecular weight is 115 g/mol. The van der Waals surface area contributed by atoms with Crippen molar-refractivity contribution in [2.75, 3.05) is 6.54 Å². The Morgan fingerprint density at radius 1 is 1.75 bits per heavy atom. The molecule has 8 heavy (non-hydrogen) atoms. The van der Waals surface area contributed by atoms with Crippen LogP contribution in [-0.2, 0) is 0 Å². The van der Waals surface area contributed by atoms with Crippen molar-refractivity contribution in [3.05, 3.63) is 0 Å². The molecule has 0 radical (unpaired) electrons. The largest absolute Gasteiger partial charge is 0.328 e. The van der Waals surface area contributed by atoms with Crippen LogP contribution in [0.2, 0.25) is 0 Å². The summed E-state index contributed by atoms with van der Waals surface area (Å²) >= 11 is 0. The van der Waals surface area contributed by atoms with Gasteiger partial charge in [-0.3, -0.25) is 0 Å². The molecular weight excluding hydrogens is 105 g/mol. The molecule has 0 aromatic heterocycles. The van der Waals surface area contributed by atoms with Gasteiger partial charge in [0.1, 0.15) is 6.17 Å². The Kier molecular flexibility index (Phi) is 4.29. The predicted molar refractivity (Wildman–Crippen MR) is 32.0 cm³/mol. The Morgan fingerprint density at radius 3 is 2.75 bits per heavy atom. The smallest absolute Gasteiger partial charge is 0.123 e. The molecule has 0 aliphatic heterocycles. The zero-order chi connectivity index (χ0) is 6.41. The topological polar surface area (TPSA) is 26.0 Å². The summed E-state index contributed by atoms with van der Waals surface area (Å²) in [6.07, 6.45) is -0.671. The minimum absolute atomic E-state index is 0.0781. The van der Waals surface area contributed by atoms with Crippen LogP contribution in [0.1, 0.15) is 13.3 Å². The monoisotopic (exact) mass is 115 g/mol. The molecule has 0 saturated carbocycles. The van der Waals surface area contributed by atoms with Gasteiger partial charge in [0.15, 0.2) is 0 Å². The molecule has 1 atom stereocenters. The fraction of sp³-hybridized carbons (Fsp3) is 0.667. The van der Waals surface area contributed by atoms with Gasteiger partial charge in [-0.2, -0.15) is 0 Å². The van der Waals surface area contributed by atoms with Gasteiger partial charge in [0.25, 0.3) is 0 Å². The van der Waals surface area contributed by atoms with Crippen LogP contribution in [0, 0.1) is 11.8 Å². The summed E-state index contributed by atoms with van der Waals surface area (Å²) < 4.78 is 12.1. The molecule has 0 fully saturated rings. The van der Waals surface area contributed by atoms with Crippen LogP contribution in [0.5, 0.6) is 0 Å². The lowest BCUT2D eigenvalue weighted by atomic mass is 10.3. The lowest BCUT2D eigenvalue weighted by Crippen LogP contribution is -2.13. The molecule has 46 valence electrons. The van der Waals surface area contributed by atoms with Crippen LogP contribution >= 0.6 is 0 Å². The van der Waals surface area contributed by atoms with Gasteiger partial charge in [0.2, 0.25) is 0 Å². The van der Waals surface area contributed by atoms with Crippen LogP contribution < -0.4 is 5.73 Å². The first-order valence-electron chi connectivity index (χ1n) is 2.55. The van der Waals surface area contributed by atoms with E-state index in [-0.39, 0.29) is 13.0 Å². The zero-order valence-electron chi connectivity index (χ0n) is 4.95. The molecule has 0 aromatic carbocycles. The van der Waals surface area contributed by atoms with E-state index in [2.05, 4.69) is 11.8 Å². The van der Waals surface area contributed by atoms with Crippen LogP contribution in [0.4, 0.5) is 4.39 Å². The van der Waals surface area contributed by atoms with Crippen molar-refractivity contribution in [3.8, 4) is 11.8 Å². The Hall–Kier alpha value is -0.550. The van der Waals surface area contributed by atoms with Crippen LogP contribution in [0.3, 0.4) is 0 Å². The first-order chi connectivity index (χ1) is 3.81. The van der Waals surface area contributed by atoms with Gasteiger partial charge in [-0.25, -0.2) is 4.39 Å². The number of hydrogen-bond donors (Lipinski definition) is 1. The Labute approximate surface area is 49.1 Å². The number of hydrogen-bond acceptors (Lipinski definition) is 1. The molecule has 0 bridgehead atoms. The first kappa shape index (κ1) is 7.45. The van der Waals surface area contributed by atoms with Gasteiger partial charge < -0.3 is 5.73 Å². The second-order valence-corrected chi connectivity index (χ2v) is 1.46. The highest BCUT2D eigenvalue weighted by Gasteiger charge is 1.97. The third-order valence-electron chi connectivity index (χ3n) is 0.756. The normalized spacial score (nSPS) is 11.9. The third kappa shape index (κ3) is 3.63. The van der Waals surface area contributed by atoms with Gasteiger partial charge in [-0.05, 0) is 6.92 Å². The molecule has 2 N–H and O–H groups in total. The second-order valence-electron chi connectivity index (χ2n) is 1.46. The third-order valence-corrected chi connectivity index (χ3v) is 0.756. The van der Waals surface area contributed by atoms with E-state index >= 15 is 0 Å². The van der Waals surface area contributed by atoms with Crippen molar-refractivity contribution in [3.63, 3.8) is 0 Å². The minimum Gasteiger partial charge on any atom is -0.328 e. The molecule has 0 saturated heterocycles. The van der Waals surface area contributed by atoms with Crippen molar-refractivity contribution < 1.29 is 4.39 Å². The predicted octanol–water partition coefficient (Wildman–Crippen LogP) is 0.697. The number of rotatable bonds is 2. The Balaban J connectivity index is 3.19. The maximum atomic E-state index is 12.1. The van der Waals surface area contributed by atoms with Gasteiger partial charge in [0, 0.05) is 13.0 Å². The molecular formula is C6H10FN. The van der Waals surface area contributed by atoms with Crippen LogP contribution in [0.15, 0.2) is 0 Å². The van der Waals surface area contributed by atoms with Crippen molar-refractivity contribution in [1.29, 1.82) is 0 Å². The number of nitrogens with two attached hydrogens (primary N) is 1. The summed E-state index contributed by atoms with van der Waals surface area (Å²) in [5.74, 6) is 5.18. The fourth-order valence-electron chi connectivity index (χ4n) is 0.296. The summed E-state index contributed by atoms with van der Waals surface area (Å²) in [6, 6.07) is 0. The van der Waals surface area contributed by atoms with Crippen LogP contribution in [0.25, 0.3) is 0 Å². The van der Waals surface area contributed by atoms with E-state index in [1.807, 2.05) is 0 Å². The molecule has 0 amide bonds. The van der Waals surface area contributed by atoms with E-state index in [9.17, 15) is 4.39 Å². The highest BCUT2D eigenvalue weighted by Crippen LogP contribution is 1.91. The van der Waals surface area contributed by atoms with E-state index in [0.717, 1.165) is 0 Å². The van der Waals surface area contributed by atoms with E-state index in [4.69, 9.17) is 5.73 Å². The summed E-state index contributed by atoms with van der Waals surface area (Å²) in [5.41, 5.74) is 4.97. The molecule has 0 rings (SSSR count). The van der Waals surface area contributed by atoms with E-state index in [1.165, 1.54) is 0 Å². The highest BCUT2D eigenvalue weighted by molar-refractivity contribution is 4.96. The van der Waals surface area contributed by atoms with E-state index in [0.29, 0.717) is 0 Å². The minimum atomic E-state index is -0.942. The average Bonchev–Trinajstić information content (AvgIpc) is 1.83. The summed E-state index contributed by atoms with van der Waals surface area (Å²) in [6.45, 7) is 1.76. The molecule has 0 aliphatic rings. The van der Waals surface area contributed by atoms with Crippen LogP contribution in [-0.4, -0.2) is 12.7 Å². The maximum Gasteiger partial charge on any atom is 0.123 e. The number of halogens is 1. The lowest BCUT2D eigenvalue weighted by molar-refractivity contribution is 0.349. The zero-order valence-corrected chi connectivity index (χ0v) is 4.95. The molecule has 1 nitrogen and oxygen atoms in total. The number of alkyl halides is 1. The summed E-state index contributed by atoms with van der Waals surface area (Å²) in [5, 5.41) is 0. The van der Waals surface area contributed by atoms with Gasteiger partial charge in [0.05, 0.1) is 0 Å². The van der Waals surface area contributed by atoms with Crippen molar-refractivity contribution >= 4 is 0 Å². The molecule has 1 unspecified atom stereocenters. The molecule has 0 heterocycles. The summed E-state index contributed by atoms with van der Waals surface area (Å²) in [7, 11) is 0. The Bertz CT molecular complexity index is 101. The standard InChI is InChI=1S/C6H10FN/c1-2-3-4-6(7)5-8/h6H,4-5,8H2,1H3.